The van der Waals surface area contributed by atoms with Gasteiger partial charge in [0.1, 0.15) is 0 Å². The molecular formula is C25H54O13S7. The van der Waals surface area contributed by atoms with E-state index in [2.05, 4.69) is 57.4 Å². The van der Waals surface area contributed by atoms with Crippen molar-refractivity contribution in [3.05, 3.63) is 0 Å². The number of hydrogen-bond donors (Lipinski definition) is 9. The molecule has 0 spiro atoms. The van der Waals surface area contributed by atoms with Gasteiger partial charge in [-0.05, 0) is 37.2 Å². The Morgan fingerprint density at radius 3 is 1.27 bits per heavy atom. The highest BCUT2D eigenvalue weighted by Crippen LogP contribution is 2.22. The number of unbranched alkanes of at least 4 members (excludes halogenated alkanes) is 9. The summed E-state index contributed by atoms with van der Waals surface area (Å²) in [5.41, 5.74) is 0. The van der Waals surface area contributed by atoms with Crippen LogP contribution in [0.1, 0.15) is 96.8 Å². The van der Waals surface area contributed by atoms with Gasteiger partial charge in [0, 0.05) is 11.0 Å². The molecule has 0 radical (unpaired) electrons. The molecule has 0 fully saturated rings. The first-order valence-electron chi connectivity index (χ1n) is 14.5. The van der Waals surface area contributed by atoms with Crippen molar-refractivity contribution in [2.24, 2.45) is 5.92 Å². The first-order valence-corrected chi connectivity index (χ1v) is 21.7. The number of aliphatic carboxylic acids is 2. The summed E-state index contributed by atoms with van der Waals surface area (Å²) in [4.78, 5) is 21.7. The van der Waals surface area contributed by atoms with Crippen LogP contribution in [0.25, 0.3) is 0 Å². The summed E-state index contributed by atoms with van der Waals surface area (Å²) in [5.74, 6) is -2.31. The molecule has 2 unspecified atom stereocenters. The smallest absolute Gasteiger partial charge is 0.308 e. The van der Waals surface area contributed by atoms with Crippen LogP contribution < -0.4 is 0 Å². The molecule has 45 heavy (non-hydrogen) atoms. The van der Waals surface area contributed by atoms with Gasteiger partial charge in [0.2, 0.25) is 0 Å². The van der Waals surface area contributed by atoms with E-state index in [1.165, 1.54) is 44.9 Å². The van der Waals surface area contributed by atoms with Crippen molar-refractivity contribution in [3.8, 4) is 0 Å². The summed E-state index contributed by atoms with van der Waals surface area (Å²) in [6.45, 7) is 2.21. The first-order chi connectivity index (χ1) is 20.7. The van der Waals surface area contributed by atoms with Crippen molar-refractivity contribution in [1.29, 1.82) is 0 Å². The van der Waals surface area contributed by atoms with Gasteiger partial charge in [-0.2, -0.15) is 75.8 Å². The van der Waals surface area contributed by atoms with Gasteiger partial charge in [0.05, 0.1) is 29.6 Å². The van der Waals surface area contributed by atoms with Crippen LogP contribution in [-0.2, 0) is 39.9 Å². The molecule has 0 heterocycles. The Labute approximate surface area is 292 Å². The van der Waals surface area contributed by atoms with Crippen LogP contribution in [0, 0.1) is 5.92 Å². The summed E-state index contributed by atoms with van der Waals surface area (Å²) in [5, 5.41) is 17.4. The van der Waals surface area contributed by atoms with Crippen LogP contribution in [0.5, 0.6) is 0 Å². The summed E-state index contributed by atoms with van der Waals surface area (Å²) in [6, 6.07) is 0. The second kappa shape index (κ2) is 32.6. The van der Waals surface area contributed by atoms with Crippen LogP contribution in [0.4, 0.5) is 0 Å². The molecule has 5 N–H and O–H groups in total. The number of carboxylic acids is 2. The van der Waals surface area contributed by atoms with Gasteiger partial charge in [-0.1, -0.05) is 64.7 Å². The van der Waals surface area contributed by atoms with Gasteiger partial charge < -0.3 is 10.2 Å². The van der Waals surface area contributed by atoms with Gasteiger partial charge in [-0.3, -0.25) is 23.2 Å². The largest absolute Gasteiger partial charge is 0.481 e. The molecule has 0 saturated carbocycles. The maximum Gasteiger partial charge on any atom is 0.308 e. The van der Waals surface area contributed by atoms with Crippen LogP contribution >= 0.6 is 50.5 Å². The third kappa shape index (κ3) is 53.8. The fourth-order valence-corrected chi connectivity index (χ4v) is 6.21. The lowest BCUT2D eigenvalue weighted by atomic mass is 9.96. The minimum atomic E-state index is -3.75. The summed E-state index contributed by atoms with van der Waals surface area (Å²) >= 11 is 15.5. The highest BCUT2D eigenvalue weighted by atomic mass is 32.2. The van der Waals surface area contributed by atoms with E-state index >= 15 is 0 Å². The van der Waals surface area contributed by atoms with E-state index in [1.807, 2.05) is 0 Å². The van der Waals surface area contributed by atoms with Crippen molar-refractivity contribution in [2.45, 2.75) is 102 Å². The molecule has 20 heteroatoms. The zero-order valence-corrected chi connectivity index (χ0v) is 31.8. The topological polar surface area (TPSA) is 238 Å². The van der Waals surface area contributed by atoms with Crippen molar-refractivity contribution in [1.82, 2.24) is 0 Å². The number of rotatable bonds is 23. The molecule has 0 aromatic carbocycles. The molecule has 0 aromatic rings. The van der Waals surface area contributed by atoms with Crippen molar-refractivity contribution in [2.75, 3.05) is 34.5 Å². The SMILES string of the molecule is CCCCCCCCCCCC(S)C(CC(=O)O)C(=O)O.O=S(=O)(O)CCCCS.O=S(=O)(O)CCCS.O=S(=O)(O)CCS. The lowest BCUT2D eigenvalue weighted by molar-refractivity contribution is -0.148. The van der Waals surface area contributed by atoms with E-state index in [-0.39, 0.29) is 34.7 Å². The second-order valence-electron chi connectivity index (χ2n) is 9.82. The molecule has 0 aliphatic rings. The fourth-order valence-electron chi connectivity index (χ4n) is 3.20. The predicted octanol–water partition coefficient (Wildman–Crippen LogP) is 4.96. The Bertz CT molecular complexity index is 1040. The van der Waals surface area contributed by atoms with Crippen molar-refractivity contribution < 1.29 is 58.7 Å². The van der Waals surface area contributed by atoms with Crippen LogP contribution in [0.15, 0.2) is 0 Å². The monoisotopic (exact) mass is 786 g/mol. The quantitative estimate of drug-likeness (QED) is 0.0379. The van der Waals surface area contributed by atoms with E-state index in [4.69, 9.17) is 23.9 Å². The van der Waals surface area contributed by atoms with E-state index < -0.39 is 48.2 Å². The first kappa shape index (κ1) is 51.9. The minimum absolute atomic E-state index is 0.145. The van der Waals surface area contributed by atoms with E-state index in [1.54, 1.807) is 0 Å². The lowest BCUT2D eigenvalue weighted by Gasteiger charge is -2.17. The molecule has 0 saturated heterocycles. The molecule has 0 amide bonds. The van der Waals surface area contributed by atoms with Crippen LogP contribution in [0.3, 0.4) is 0 Å². The molecule has 0 rings (SSSR count). The summed E-state index contributed by atoms with van der Waals surface area (Å²) < 4.78 is 83.6. The Morgan fingerprint density at radius 1 is 0.578 bits per heavy atom. The molecule has 0 aliphatic heterocycles. The fraction of sp³-hybridized carbons (Fsp3) is 0.920. The van der Waals surface area contributed by atoms with Gasteiger partial charge in [0.25, 0.3) is 30.4 Å². The summed E-state index contributed by atoms with van der Waals surface area (Å²) in [6.07, 6.45) is 12.8. The third-order valence-corrected chi connectivity index (χ3v) is 9.61. The van der Waals surface area contributed by atoms with E-state index in [9.17, 15) is 34.8 Å². The van der Waals surface area contributed by atoms with Crippen molar-refractivity contribution >= 4 is 92.8 Å². The average Bonchev–Trinajstić information content (AvgIpc) is 2.89. The van der Waals surface area contributed by atoms with Gasteiger partial charge in [-0.15, -0.1) is 0 Å². The summed E-state index contributed by atoms with van der Waals surface area (Å²) in [7, 11) is -11.2. The average molecular weight is 787 g/mol. The molecule has 2 atom stereocenters. The Kier molecular flexibility index (Phi) is 37.6. The minimum Gasteiger partial charge on any atom is -0.481 e. The van der Waals surface area contributed by atoms with Crippen LogP contribution in [0.2, 0.25) is 0 Å². The normalized spacial score (nSPS) is 12.7. The standard InChI is InChI=1S/C16H30O4S.C4H10O3S2.C3H8O3S2.C2H6O3S2/c1-2-3-4-5-6-7-8-9-10-11-14(21)13(16(19)20)12-15(17)18;5-9(6,7)4-2-1-3-8;4-8(5,6)3-1-2-7;3-7(4,5)2-1-6/h13-14,21H,2-12H2,1H3,(H,17,18)(H,19,20);8H,1-4H2,(H,5,6,7);7H,1-3H2,(H,4,5,6);6H,1-2H2,(H,3,4,5). The highest BCUT2D eigenvalue weighted by Gasteiger charge is 2.27. The van der Waals surface area contributed by atoms with Gasteiger partial charge in [0.15, 0.2) is 0 Å². The van der Waals surface area contributed by atoms with E-state index in [0.717, 1.165) is 19.3 Å². The van der Waals surface area contributed by atoms with Crippen LogP contribution in [-0.4, -0.2) is 101 Å². The molecule has 13 nitrogen and oxygen atoms in total. The maximum absolute atomic E-state index is 11.0. The highest BCUT2D eigenvalue weighted by molar-refractivity contribution is 7.87. The predicted molar refractivity (Wildman–Crippen MR) is 193 cm³/mol. The zero-order valence-electron chi connectivity index (χ0n) is 25.8. The number of hydrogen-bond acceptors (Lipinski definition) is 12. The second-order valence-corrected chi connectivity index (χ2v) is 16.5. The molecule has 0 aromatic heterocycles. The number of carboxylic acid groups (broad SMARTS) is 2. The molecular weight excluding hydrogens is 733 g/mol. The number of carbonyl (C=O) groups is 2. The van der Waals surface area contributed by atoms with Gasteiger partial charge >= 0.3 is 11.9 Å². The molecule has 0 aliphatic carbocycles. The van der Waals surface area contributed by atoms with E-state index in [0.29, 0.717) is 30.8 Å². The molecule has 274 valence electrons. The Balaban J connectivity index is -0.000000288. The van der Waals surface area contributed by atoms with Gasteiger partial charge in [-0.25, -0.2) is 0 Å². The third-order valence-electron chi connectivity index (χ3n) is 5.50. The molecule has 0 bridgehead atoms. The zero-order chi connectivity index (χ0) is 36.0. The Morgan fingerprint density at radius 2 is 0.978 bits per heavy atom. The number of thiol groups is 4. The maximum atomic E-state index is 11.0. The van der Waals surface area contributed by atoms with Crippen molar-refractivity contribution in [3.63, 3.8) is 0 Å². The Hall–Kier alpha value is 0.0700. The lowest BCUT2D eigenvalue weighted by Crippen LogP contribution is -2.27.